The van der Waals surface area contributed by atoms with Crippen LogP contribution in [-0.2, 0) is 19.5 Å². The van der Waals surface area contributed by atoms with E-state index < -0.39 is 11.6 Å². The van der Waals surface area contributed by atoms with Gasteiger partial charge in [-0.15, -0.1) is 0 Å². The van der Waals surface area contributed by atoms with Crippen molar-refractivity contribution >= 4 is 16.5 Å². The summed E-state index contributed by atoms with van der Waals surface area (Å²) in [5, 5.41) is 12.7. The summed E-state index contributed by atoms with van der Waals surface area (Å²) in [5.74, 6) is 0.977. The van der Waals surface area contributed by atoms with E-state index >= 15 is 0 Å². The number of phenols is 1. The molecule has 4 aromatic rings. The smallest absolute Gasteiger partial charge is 0.231 e. The van der Waals surface area contributed by atoms with Gasteiger partial charge in [-0.3, -0.25) is 4.90 Å². The van der Waals surface area contributed by atoms with Crippen molar-refractivity contribution in [3.8, 4) is 34.3 Å². The van der Waals surface area contributed by atoms with Crippen LogP contribution in [0.15, 0.2) is 48.7 Å². The van der Waals surface area contributed by atoms with Gasteiger partial charge in [-0.05, 0) is 41.5 Å². The first-order valence-corrected chi connectivity index (χ1v) is 13.1. The minimum atomic E-state index is -0.573. The fourth-order valence-corrected chi connectivity index (χ4v) is 5.98. The molecule has 0 unspecified atom stereocenters. The SMILES string of the molecule is COc1cc(CN2CCN(c3ccc(F)cc3F)CC2)c2cc3[n+](cc2c1O)CCc1cc2c(cc1-3)OCO2. The van der Waals surface area contributed by atoms with Gasteiger partial charge in [-0.2, -0.15) is 4.57 Å². The fourth-order valence-electron chi connectivity index (χ4n) is 5.98. The zero-order chi connectivity index (χ0) is 26.7. The van der Waals surface area contributed by atoms with Gasteiger partial charge in [-0.1, -0.05) is 0 Å². The van der Waals surface area contributed by atoms with Crippen molar-refractivity contribution in [3.05, 3.63) is 71.4 Å². The third kappa shape index (κ3) is 4.08. The zero-order valence-electron chi connectivity index (χ0n) is 21.5. The summed E-state index contributed by atoms with van der Waals surface area (Å²) in [7, 11) is 1.56. The summed E-state index contributed by atoms with van der Waals surface area (Å²) >= 11 is 0. The lowest BCUT2D eigenvalue weighted by Crippen LogP contribution is -2.46. The van der Waals surface area contributed by atoms with Crippen molar-refractivity contribution in [1.82, 2.24) is 4.90 Å². The van der Waals surface area contributed by atoms with Crippen molar-refractivity contribution in [2.24, 2.45) is 0 Å². The molecule has 0 atom stereocenters. The number of hydrogen-bond donors (Lipinski definition) is 1. The number of fused-ring (bicyclic) bond motifs is 5. The summed E-state index contributed by atoms with van der Waals surface area (Å²) in [5.41, 5.74) is 4.84. The van der Waals surface area contributed by atoms with E-state index in [0.29, 0.717) is 44.2 Å². The highest BCUT2D eigenvalue weighted by atomic mass is 19.1. The van der Waals surface area contributed by atoms with Crippen LogP contribution in [0.5, 0.6) is 23.0 Å². The van der Waals surface area contributed by atoms with Crippen molar-refractivity contribution < 1.29 is 32.7 Å². The standard InChI is InChI=1S/C30H27F2N3O4/c1-37-29-11-19(15-33-6-8-34(9-7-33)25-3-2-20(31)12-24(25)32)21-13-26-22-14-28-27(38-17-39-28)10-18(22)4-5-35(26)16-23(21)30(29)36/h2-3,10-14,16H,4-9,15,17H2,1H3/p+1. The molecular formula is C30H28F2N3O4+. The summed E-state index contributed by atoms with van der Waals surface area (Å²) in [6, 6.07) is 11.9. The molecule has 9 heteroatoms. The van der Waals surface area contributed by atoms with Crippen LogP contribution in [-0.4, -0.2) is 50.1 Å². The second-order valence-corrected chi connectivity index (χ2v) is 10.2. The highest BCUT2D eigenvalue weighted by Gasteiger charge is 2.30. The summed E-state index contributed by atoms with van der Waals surface area (Å²) in [4.78, 5) is 4.26. The van der Waals surface area contributed by atoms with Crippen molar-refractivity contribution in [3.63, 3.8) is 0 Å². The predicted molar refractivity (Wildman–Crippen MR) is 141 cm³/mol. The number of nitrogens with zero attached hydrogens (tertiary/aromatic N) is 3. The molecule has 0 aliphatic carbocycles. The number of anilines is 1. The number of methoxy groups -OCH3 is 1. The van der Waals surface area contributed by atoms with E-state index in [9.17, 15) is 13.9 Å². The molecule has 0 amide bonds. The number of rotatable bonds is 4. The maximum absolute atomic E-state index is 14.3. The van der Waals surface area contributed by atoms with Gasteiger partial charge in [0, 0.05) is 56.7 Å². The van der Waals surface area contributed by atoms with Gasteiger partial charge in [0.1, 0.15) is 11.6 Å². The minimum Gasteiger partial charge on any atom is -0.504 e. The van der Waals surface area contributed by atoms with Gasteiger partial charge in [0.15, 0.2) is 35.7 Å². The first-order valence-electron chi connectivity index (χ1n) is 13.1. The average Bonchev–Trinajstić information content (AvgIpc) is 3.41. The van der Waals surface area contributed by atoms with E-state index in [1.807, 2.05) is 23.2 Å². The minimum absolute atomic E-state index is 0.125. The van der Waals surface area contributed by atoms with Crippen molar-refractivity contribution in [1.29, 1.82) is 0 Å². The largest absolute Gasteiger partial charge is 0.504 e. The third-order valence-electron chi connectivity index (χ3n) is 8.04. The van der Waals surface area contributed by atoms with Gasteiger partial charge in [0.2, 0.25) is 12.5 Å². The molecule has 200 valence electrons. The maximum atomic E-state index is 14.3. The van der Waals surface area contributed by atoms with E-state index in [4.69, 9.17) is 14.2 Å². The van der Waals surface area contributed by atoms with Crippen LogP contribution >= 0.6 is 0 Å². The van der Waals surface area contributed by atoms with Gasteiger partial charge >= 0.3 is 0 Å². The number of piperazine rings is 1. The number of ether oxygens (including phenoxy) is 3. The number of benzene rings is 3. The summed E-state index contributed by atoms with van der Waals surface area (Å²) in [6.45, 7) is 4.34. The molecule has 39 heavy (non-hydrogen) atoms. The average molecular weight is 533 g/mol. The second-order valence-electron chi connectivity index (χ2n) is 10.2. The van der Waals surface area contributed by atoms with E-state index in [1.165, 1.54) is 17.7 Å². The van der Waals surface area contributed by atoms with E-state index in [-0.39, 0.29) is 12.5 Å². The molecule has 1 N–H and O–H groups in total. The normalized spacial score (nSPS) is 16.3. The Bertz CT molecular complexity index is 1620. The Morgan fingerprint density at radius 2 is 1.77 bits per heavy atom. The Kier molecular flexibility index (Phi) is 5.70. The van der Waals surface area contributed by atoms with Crippen LogP contribution in [0.2, 0.25) is 0 Å². The molecule has 7 nitrogen and oxygen atoms in total. The molecule has 0 bridgehead atoms. The van der Waals surface area contributed by atoms with Crippen LogP contribution < -0.4 is 23.7 Å². The number of pyridine rings is 1. The Morgan fingerprint density at radius 1 is 0.974 bits per heavy atom. The summed E-state index contributed by atoms with van der Waals surface area (Å²) in [6.07, 6.45) is 2.86. The lowest BCUT2D eigenvalue weighted by Gasteiger charge is -2.36. The fraction of sp³-hybridized carbons (Fsp3) is 0.300. The molecule has 0 radical (unpaired) electrons. The zero-order valence-corrected chi connectivity index (χ0v) is 21.5. The van der Waals surface area contributed by atoms with Crippen molar-refractivity contribution in [2.45, 2.75) is 19.5 Å². The van der Waals surface area contributed by atoms with E-state index in [0.717, 1.165) is 58.1 Å². The molecule has 3 aliphatic rings. The molecule has 3 aromatic carbocycles. The first-order chi connectivity index (χ1) is 19.0. The van der Waals surface area contributed by atoms with E-state index in [2.05, 4.69) is 21.6 Å². The van der Waals surface area contributed by atoms with Crippen LogP contribution in [0.4, 0.5) is 14.5 Å². The lowest BCUT2D eigenvalue weighted by atomic mass is 9.94. The Hall–Kier alpha value is -4.11. The van der Waals surface area contributed by atoms with Gasteiger partial charge < -0.3 is 24.2 Å². The Morgan fingerprint density at radius 3 is 2.54 bits per heavy atom. The summed E-state index contributed by atoms with van der Waals surface area (Å²) < 4.78 is 46.7. The number of hydrogen-bond acceptors (Lipinski definition) is 6. The van der Waals surface area contributed by atoms with Gasteiger partial charge in [0.05, 0.1) is 23.7 Å². The van der Waals surface area contributed by atoms with Gasteiger partial charge in [0.25, 0.3) is 0 Å². The van der Waals surface area contributed by atoms with Gasteiger partial charge in [-0.25, -0.2) is 8.78 Å². The van der Waals surface area contributed by atoms with Crippen LogP contribution in [0.3, 0.4) is 0 Å². The number of aryl methyl sites for hydroxylation is 2. The molecule has 0 saturated carbocycles. The van der Waals surface area contributed by atoms with Crippen LogP contribution in [0.25, 0.3) is 22.0 Å². The molecule has 3 aliphatic heterocycles. The number of halogens is 2. The number of aromatic hydroxyl groups is 1. The molecule has 4 heterocycles. The molecule has 0 spiro atoms. The maximum Gasteiger partial charge on any atom is 0.231 e. The lowest BCUT2D eigenvalue weighted by molar-refractivity contribution is -0.686. The molecule has 1 saturated heterocycles. The van der Waals surface area contributed by atoms with Crippen LogP contribution in [0, 0.1) is 11.6 Å². The number of aromatic nitrogens is 1. The quantitative estimate of drug-likeness (QED) is 0.394. The third-order valence-corrected chi connectivity index (χ3v) is 8.04. The molecule has 1 aromatic heterocycles. The molecule has 1 fully saturated rings. The molecule has 7 rings (SSSR count). The Labute approximate surface area is 224 Å². The predicted octanol–water partition coefficient (Wildman–Crippen LogP) is 4.39. The topological polar surface area (TPSA) is 58.3 Å². The monoisotopic (exact) mass is 532 g/mol. The van der Waals surface area contributed by atoms with Crippen molar-refractivity contribution in [2.75, 3.05) is 45.0 Å². The molecular weight excluding hydrogens is 504 g/mol. The highest BCUT2D eigenvalue weighted by molar-refractivity contribution is 5.94. The Balaban J connectivity index is 1.23. The van der Waals surface area contributed by atoms with Crippen LogP contribution in [0.1, 0.15) is 11.1 Å². The first kappa shape index (κ1) is 24.0. The van der Waals surface area contributed by atoms with E-state index in [1.54, 1.807) is 7.11 Å². The highest BCUT2D eigenvalue weighted by Crippen LogP contribution is 2.42. The number of phenolic OH excluding ortho intramolecular Hbond substituents is 1. The second kappa shape index (κ2) is 9.27.